The second kappa shape index (κ2) is 5.48. The molecule has 0 aliphatic rings. The molecule has 2 heterocycles. The van der Waals surface area contributed by atoms with Crippen LogP contribution in [-0.2, 0) is 6.42 Å². The highest BCUT2D eigenvalue weighted by Crippen LogP contribution is 2.26. The van der Waals surface area contributed by atoms with Crippen molar-refractivity contribution < 1.29 is 0 Å². The molecule has 0 saturated carbocycles. The number of anilines is 1. The Balaban J connectivity index is 2.14. The molecule has 0 saturated heterocycles. The van der Waals surface area contributed by atoms with E-state index >= 15 is 0 Å². The van der Waals surface area contributed by atoms with Crippen LogP contribution in [-0.4, -0.2) is 28.7 Å². The Morgan fingerprint density at radius 3 is 2.57 bits per heavy atom. The molecule has 0 spiro atoms. The summed E-state index contributed by atoms with van der Waals surface area (Å²) in [4.78, 5) is 6.40. The lowest BCUT2D eigenvalue weighted by atomic mass is 10.0. The highest BCUT2D eigenvalue weighted by molar-refractivity contribution is 9.10. The molecule has 21 heavy (non-hydrogen) atoms. The summed E-state index contributed by atoms with van der Waals surface area (Å²) in [6.45, 7) is 2.13. The van der Waals surface area contributed by atoms with Gasteiger partial charge in [0.05, 0.1) is 0 Å². The van der Waals surface area contributed by atoms with Crippen LogP contribution >= 0.6 is 15.9 Å². The third kappa shape index (κ3) is 2.65. The van der Waals surface area contributed by atoms with Crippen LogP contribution in [0.3, 0.4) is 0 Å². The standard InChI is InChI=1S/C16H17BrN4/c1-11-8-15-18-10-19-21(15)16(20(2)3)14(11)9-12-4-6-13(17)7-5-12/h4-8,10H,9H2,1-3H3. The number of fused-ring (bicyclic) bond motifs is 1. The third-order valence-corrected chi connectivity index (χ3v) is 4.11. The molecule has 0 fully saturated rings. The number of hydrogen-bond acceptors (Lipinski definition) is 3. The molecule has 5 heteroatoms. The lowest BCUT2D eigenvalue weighted by Gasteiger charge is -2.20. The molecule has 0 radical (unpaired) electrons. The van der Waals surface area contributed by atoms with E-state index in [1.807, 2.05) is 18.6 Å². The largest absolute Gasteiger partial charge is 0.362 e. The van der Waals surface area contributed by atoms with E-state index < -0.39 is 0 Å². The topological polar surface area (TPSA) is 33.4 Å². The highest BCUT2D eigenvalue weighted by Gasteiger charge is 2.15. The Labute approximate surface area is 132 Å². The van der Waals surface area contributed by atoms with Gasteiger partial charge in [0.2, 0.25) is 0 Å². The first-order chi connectivity index (χ1) is 10.1. The van der Waals surface area contributed by atoms with Gasteiger partial charge in [0.15, 0.2) is 5.65 Å². The van der Waals surface area contributed by atoms with Crippen molar-refractivity contribution in [3.8, 4) is 0 Å². The number of halogens is 1. The molecule has 3 rings (SSSR count). The normalized spacial score (nSPS) is 11.0. The van der Waals surface area contributed by atoms with E-state index in [2.05, 4.69) is 68.2 Å². The van der Waals surface area contributed by atoms with E-state index in [0.29, 0.717) is 0 Å². The number of nitrogens with zero attached hydrogens (tertiary/aromatic N) is 4. The maximum atomic E-state index is 4.35. The molecule has 4 nitrogen and oxygen atoms in total. The van der Waals surface area contributed by atoms with Crippen LogP contribution in [0.1, 0.15) is 16.7 Å². The molecular formula is C16H17BrN4. The fraction of sp³-hybridized carbons (Fsp3) is 0.250. The zero-order valence-electron chi connectivity index (χ0n) is 12.3. The van der Waals surface area contributed by atoms with Gasteiger partial charge in [0.25, 0.3) is 0 Å². The summed E-state index contributed by atoms with van der Waals surface area (Å²) in [5.41, 5.74) is 4.68. The summed E-state index contributed by atoms with van der Waals surface area (Å²) < 4.78 is 3.00. The van der Waals surface area contributed by atoms with E-state index in [1.54, 1.807) is 6.33 Å². The van der Waals surface area contributed by atoms with E-state index in [0.717, 1.165) is 22.4 Å². The third-order valence-electron chi connectivity index (χ3n) is 3.58. The quantitative estimate of drug-likeness (QED) is 0.729. The lowest BCUT2D eigenvalue weighted by Crippen LogP contribution is -2.17. The molecule has 3 aromatic rings. The summed E-state index contributed by atoms with van der Waals surface area (Å²) in [7, 11) is 4.09. The van der Waals surface area contributed by atoms with Crippen molar-refractivity contribution in [2.75, 3.05) is 19.0 Å². The van der Waals surface area contributed by atoms with Gasteiger partial charge in [-0.2, -0.15) is 9.61 Å². The molecule has 0 atom stereocenters. The number of aromatic nitrogens is 3. The number of rotatable bonds is 3. The van der Waals surface area contributed by atoms with Gasteiger partial charge in [-0.25, -0.2) is 4.98 Å². The first-order valence-electron chi connectivity index (χ1n) is 6.80. The molecule has 1 aromatic carbocycles. The van der Waals surface area contributed by atoms with Crippen molar-refractivity contribution in [2.45, 2.75) is 13.3 Å². The predicted octanol–water partition coefficient (Wildman–Crippen LogP) is 3.46. The molecule has 0 amide bonds. The van der Waals surface area contributed by atoms with Gasteiger partial charge >= 0.3 is 0 Å². The van der Waals surface area contributed by atoms with Crippen molar-refractivity contribution in [1.29, 1.82) is 0 Å². The van der Waals surface area contributed by atoms with Gasteiger partial charge in [-0.15, -0.1) is 0 Å². The number of aryl methyl sites for hydroxylation is 1. The van der Waals surface area contributed by atoms with E-state index in [9.17, 15) is 0 Å². The summed E-state index contributed by atoms with van der Waals surface area (Å²) in [6.07, 6.45) is 2.48. The molecule has 0 unspecified atom stereocenters. The first-order valence-corrected chi connectivity index (χ1v) is 7.59. The Bertz CT molecular complexity index is 775. The van der Waals surface area contributed by atoms with Crippen LogP contribution in [0.25, 0.3) is 5.65 Å². The van der Waals surface area contributed by atoms with Gasteiger partial charge in [-0.05, 0) is 36.2 Å². The van der Waals surface area contributed by atoms with Gasteiger partial charge in [0, 0.05) is 30.6 Å². The van der Waals surface area contributed by atoms with Crippen LogP contribution in [0.5, 0.6) is 0 Å². The zero-order chi connectivity index (χ0) is 15.0. The summed E-state index contributed by atoms with van der Waals surface area (Å²) in [6, 6.07) is 10.5. The van der Waals surface area contributed by atoms with E-state index in [4.69, 9.17) is 0 Å². The summed E-state index contributed by atoms with van der Waals surface area (Å²) >= 11 is 3.48. The minimum absolute atomic E-state index is 0.877. The summed E-state index contributed by atoms with van der Waals surface area (Å²) in [5, 5.41) is 4.35. The van der Waals surface area contributed by atoms with E-state index in [1.165, 1.54) is 16.7 Å². The maximum Gasteiger partial charge on any atom is 0.157 e. The fourth-order valence-electron chi connectivity index (χ4n) is 2.58. The Morgan fingerprint density at radius 1 is 1.19 bits per heavy atom. The monoisotopic (exact) mass is 344 g/mol. The fourth-order valence-corrected chi connectivity index (χ4v) is 2.85. The Kier molecular flexibility index (Phi) is 3.68. The van der Waals surface area contributed by atoms with Crippen LogP contribution in [0.4, 0.5) is 5.82 Å². The van der Waals surface area contributed by atoms with Gasteiger partial charge in [-0.1, -0.05) is 28.1 Å². The number of benzene rings is 1. The molecule has 108 valence electrons. The average molecular weight is 345 g/mol. The molecule has 2 aromatic heterocycles. The van der Waals surface area contributed by atoms with Gasteiger partial charge < -0.3 is 4.90 Å². The summed E-state index contributed by atoms with van der Waals surface area (Å²) in [5.74, 6) is 1.09. The molecule has 0 bridgehead atoms. The van der Waals surface area contributed by atoms with Gasteiger partial charge in [-0.3, -0.25) is 0 Å². The SMILES string of the molecule is Cc1cc2ncnn2c(N(C)C)c1Cc1ccc(Br)cc1. The smallest absolute Gasteiger partial charge is 0.157 e. The maximum absolute atomic E-state index is 4.35. The van der Waals surface area contributed by atoms with Crippen molar-refractivity contribution in [2.24, 2.45) is 0 Å². The zero-order valence-corrected chi connectivity index (χ0v) is 13.9. The van der Waals surface area contributed by atoms with Crippen LogP contribution < -0.4 is 4.90 Å². The minimum Gasteiger partial charge on any atom is -0.362 e. The average Bonchev–Trinajstić information content (AvgIpc) is 2.88. The number of pyridine rings is 1. The second-order valence-corrected chi connectivity index (χ2v) is 6.27. The van der Waals surface area contributed by atoms with Crippen molar-refractivity contribution in [1.82, 2.24) is 14.6 Å². The number of hydrogen-bond donors (Lipinski definition) is 0. The first kappa shape index (κ1) is 14.1. The highest BCUT2D eigenvalue weighted by atomic mass is 79.9. The lowest BCUT2D eigenvalue weighted by molar-refractivity contribution is 0.888. The predicted molar refractivity (Wildman–Crippen MR) is 89.0 cm³/mol. The van der Waals surface area contributed by atoms with Gasteiger partial charge in [0.1, 0.15) is 12.1 Å². The minimum atomic E-state index is 0.877. The Hall–Kier alpha value is -1.88. The molecule has 0 N–H and O–H groups in total. The van der Waals surface area contributed by atoms with Crippen LogP contribution in [0, 0.1) is 6.92 Å². The van der Waals surface area contributed by atoms with Crippen molar-refractivity contribution in [3.05, 3.63) is 57.8 Å². The van der Waals surface area contributed by atoms with E-state index in [-0.39, 0.29) is 0 Å². The second-order valence-electron chi connectivity index (χ2n) is 5.36. The molecule has 0 aliphatic heterocycles. The molecule has 0 aliphatic carbocycles. The molecular weight excluding hydrogens is 328 g/mol. The van der Waals surface area contributed by atoms with Crippen LogP contribution in [0.15, 0.2) is 41.1 Å². The van der Waals surface area contributed by atoms with Crippen LogP contribution in [0.2, 0.25) is 0 Å². The van der Waals surface area contributed by atoms with Crippen molar-refractivity contribution in [3.63, 3.8) is 0 Å². The Morgan fingerprint density at radius 2 is 1.90 bits per heavy atom. The van der Waals surface area contributed by atoms with Crippen molar-refractivity contribution >= 4 is 27.4 Å².